The van der Waals surface area contributed by atoms with Gasteiger partial charge in [-0.3, -0.25) is 4.79 Å². The summed E-state index contributed by atoms with van der Waals surface area (Å²) in [5.74, 6) is 0.0127. The van der Waals surface area contributed by atoms with Gasteiger partial charge in [-0.15, -0.1) is 0 Å². The molecular formula is C15H18N4O2. The zero-order valence-electron chi connectivity index (χ0n) is 11.7. The zero-order chi connectivity index (χ0) is 14.7. The Morgan fingerprint density at radius 3 is 2.76 bits per heavy atom. The molecule has 0 saturated carbocycles. The smallest absolute Gasteiger partial charge is 0.256 e. The van der Waals surface area contributed by atoms with E-state index in [9.17, 15) is 4.79 Å². The number of nitrogens with two attached hydrogens (primary N) is 1. The Hall–Kier alpha value is -2.18. The molecule has 0 atom stereocenters. The van der Waals surface area contributed by atoms with E-state index in [4.69, 9.17) is 10.5 Å². The van der Waals surface area contributed by atoms with E-state index in [0.29, 0.717) is 38.4 Å². The summed E-state index contributed by atoms with van der Waals surface area (Å²) in [6.45, 7) is 2.86. The van der Waals surface area contributed by atoms with Gasteiger partial charge in [-0.2, -0.15) is 5.10 Å². The van der Waals surface area contributed by atoms with E-state index in [-0.39, 0.29) is 5.91 Å². The van der Waals surface area contributed by atoms with E-state index >= 15 is 0 Å². The average molecular weight is 286 g/mol. The topological polar surface area (TPSA) is 73.4 Å². The van der Waals surface area contributed by atoms with Gasteiger partial charge in [0.15, 0.2) is 0 Å². The maximum Gasteiger partial charge on any atom is 0.256 e. The number of amides is 1. The highest BCUT2D eigenvalue weighted by Crippen LogP contribution is 2.17. The lowest BCUT2D eigenvalue weighted by Gasteiger charge is -2.27. The lowest BCUT2D eigenvalue weighted by molar-refractivity contribution is 0.0303. The lowest BCUT2D eigenvalue weighted by atomic mass is 10.1. The maximum absolute atomic E-state index is 12.7. The SMILES string of the molecule is NCc1cnn(-c2ccccc2C(=O)N2CCOCC2)c1. The number of carbonyl (C=O) groups is 1. The van der Waals surface area contributed by atoms with Crippen LogP contribution in [0.25, 0.3) is 5.69 Å². The van der Waals surface area contributed by atoms with Gasteiger partial charge in [0, 0.05) is 31.4 Å². The standard InChI is InChI=1S/C15H18N4O2/c16-9-12-10-17-19(11-12)14-4-2-1-3-13(14)15(20)18-5-7-21-8-6-18/h1-4,10-11H,5-9,16H2. The molecule has 1 saturated heterocycles. The second kappa shape index (κ2) is 6.07. The number of aromatic nitrogens is 2. The molecule has 0 aliphatic carbocycles. The molecule has 0 unspecified atom stereocenters. The molecule has 1 fully saturated rings. The van der Waals surface area contributed by atoms with Crippen LogP contribution < -0.4 is 5.73 Å². The van der Waals surface area contributed by atoms with Crippen molar-refractivity contribution >= 4 is 5.91 Å². The van der Waals surface area contributed by atoms with Gasteiger partial charge in [0.1, 0.15) is 0 Å². The minimum absolute atomic E-state index is 0.0127. The Kier molecular flexibility index (Phi) is 3.98. The molecule has 1 amide bonds. The third-order valence-electron chi connectivity index (χ3n) is 3.55. The molecule has 1 aliphatic heterocycles. The summed E-state index contributed by atoms with van der Waals surface area (Å²) in [6, 6.07) is 7.48. The minimum atomic E-state index is 0.0127. The van der Waals surface area contributed by atoms with E-state index in [1.165, 1.54) is 0 Å². The lowest BCUT2D eigenvalue weighted by Crippen LogP contribution is -2.41. The van der Waals surface area contributed by atoms with E-state index in [1.807, 2.05) is 35.4 Å². The van der Waals surface area contributed by atoms with Crippen molar-refractivity contribution in [2.45, 2.75) is 6.54 Å². The first kappa shape index (κ1) is 13.8. The van der Waals surface area contributed by atoms with Gasteiger partial charge in [0.05, 0.1) is 30.7 Å². The number of rotatable bonds is 3. The Bertz CT molecular complexity index is 632. The fourth-order valence-corrected chi connectivity index (χ4v) is 2.39. The van der Waals surface area contributed by atoms with Gasteiger partial charge in [-0.25, -0.2) is 4.68 Å². The van der Waals surface area contributed by atoms with Crippen molar-refractivity contribution < 1.29 is 9.53 Å². The van der Waals surface area contributed by atoms with Crippen LogP contribution in [0.3, 0.4) is 0 Å². The number of nitrogens with zero attached hydrogens (tertiary/aromatic N) is 3. The molecule has 1 aromatic heterocycles. The zero-order valence-corrected chi connectivity index (χ0v) is 11.7. The van der Waals surface area contributed by atoms with Crippen LogP contribution in [-0.4, -0.2) is 46.9 Å². The summed E-state index contributed by atoms with van der Waals surface area (Å²) >= 11 is 0. The fraction of sp³-hybridized carbons (Fsp3) is 0.333. The first-order valence-electron chi connectivity index (χ1n) is 6.99. The summed E-state index contributed by atoms with van der Waals surface area (Å²) < 4.78 is 7.00. The van der Waals surface area contributed by atoms with Gasteiger partial charge in [0.25, 0.3) is 5.91 Å². The Balaban J connectivity index is 1.93. The molecule has 110 valence electrons. The van der Waals surface area contributed by atoms with E-state index < -0.39 is 0 Å². The van der Waals surface area contributed by atoms with Crippen molar-refractivity contribution in [1.29, 1.82) is 0 Å². The van der Waals surface area contributed by atoms with Crippen LogP contribution in [0.1, 0.15) is 15.9 Å². The summed E-state index contributed by atoms with van der Waals surface area (Å²) in [4.78, 5) is 14.5. The monoisotopic (exact) mass is 286 g/mol. The van der Waals surface area contributed by atoms with Crippen LogP contribution in [0.4, 0.5) is 0 Å². The first-order chi connectivity index (χ1) is 10.3. The second-order valence-corrected chi connectivity index (χ2v) is 4.92. The highest BCUT2D eigenvalue weighted by molar-refractivity contribution is 5.97. The Labute approximate surface area is 123 Å². The molecule has 6 nitrogen and oxygen atoms in total. The van der Waals surface area contributed by atoms with Crippen LogP contribution in [0.2, 0.25) is 0 Å². The number of morpholine rings is 1. The molecule has 0 bridgehead atoms. The van der Waals surface area contributed by atoms with Crippen LogP contribution in [-0.2, 0) is 11.3 Å². The Morgan fingerprint density at radius 2 is 2.05 bits per heavy atom. The summed E-state index contributed by atoms with van der Waals surface area (Å²) in [6.07, 6.45) is 3.57. The molecule has 1 aliphatic rings. The molecule has 1 aromatic carbocycles. The summed E-state index contributed by atoms with van der Waals surface area (Å²) in [5.41, 5.74) is 7.96. The van der Waals surface area contributed by atoms with E-state index in [1.54, 1.807) is 10.9 Å². The van der Waals surface area contributed by atoms with E-state index in [0.717, 1.165) is 11.3 Å². The largest absolute Gasteiger partial charge is 0.378 e. The van der Waals surface area contributed by atoms with Crippen molar-refractivity contribution in [2.75, 3.05) is 26.3 Å². The number of hydrogen-bond donors (Lipinski definition) is 1. The third kappa shape index (κ3) is 2.81. The van der Waals surface area contributed by atoms with Crippen LogP contribution in [0, 0.1) is 0 Å². The highest BCUT2D eigenvalue weighted by Gasteiger charge is 2.21. The third-order valence-corrected chi connectivity index (χ3v) is 3.55. The quantitative estimate of drug-likeness (QED) is 0.906. The van der Waals surface area contributed by atoms with Crippen molar-refractivity contribution in [2.24, 2.45) is 5.73 Å². The number of benzene rings is 1. The van der Waals surface area contributed by atoms with Crippen LogP contribution in [0.5, 0.6) is 0 Å². The van der Waals surface area contributed by atoms with Crippen molar-refractivity contribution in [3.63, 3.8) is 0 Å². The molecule has 3 rings (SSSR count). The van der Waals surface area contributed by atoms with Gasteiger partial charge in [0.2, 0.25) is 0 Å². The van der Waals surface area contributed by atoms with Crippen molar-refractivity contribution in [1.82, 2.24) is 14.7 Å². The van der Waals surface area contributed by atoms with Crippen molar-refractivity contribution in [3.05, 3.63) is 47.8 Å². The fourth-order valence-electron chi connectivity index (χ4n) is 2.39. The van der Waals surface area contributed by atoms with Crippen LogP contribution in [0.15, 0.2) is 36.7 Å². The normalized spacial score (nSPS) is 15.2. The molecule has 2 N–H and O–H groups in total. The molecule has 21 heavy (non-hydrogen) atoms. The number of para-hydroxylation sites is 1. The average Bonchev–Trinajstić information content (AvgIpc) is 3.04. The minimum Gasteiger partial charge on any atom is -0.378 e. The second-order valence-electron chi connectivity index (χ2n) is 4.92. The Morgan fingerprint density at radius 1 is 1.29 bits per heavy atom. The predicted octanol–water partition coefficient (Wildman–Crippen LogP) is 0.803. The molecule has 0 spiro atoms. The summed E-state index contributed by atoms with van der Waals surface area (Å²) in [7, 11) is 0. The van der Waals surface area contributed by atoms with Gasteiger partial charge in [-0.1, -0.05) is 12.1 Å². The molecular weight excluding hydrogens is 268 g/mol. The van der Waals surface area contributed by atoms with Gasteiger partial charge in [-0.05, 0) is 12.1 Å². The maximum atomic E-state index is 12.7. The molecule has 2 aromatic rings. The number of hydrogen-bond acceptors (Lipinski definition) is 4. The number of ether oxygens (including phenoxy) is 1. The first-order valence-corrected chi connectivity index (χ1v) is 6.99. The molecule has 6 heteroatoms. The van der Waals surface area contributed by atoms with Crippen molar-refractivity contribution in [3.8, 4) is 5.69 Å². The molecule has 0 radical (unpaired) electrons. The number of carbonyl (C=O) groups excluding carboxylic acids is 1. The van der Waals surface area contributed by atoms with Gasteiger partial charge < -0.3 is 15.4 Å². The summed E-state index contributed by atoms with van der Waals surface area (Å²) in [5, 5.41) is 4.29. The molecule has 2 heterocycles. The van der Waals surface area contributed by atoms with Crippen LogP contribution >= 0.6 is 0 Å². The van der Waals surface area contributed by atoms with Gasteiger partial charge >= 0.3 is 0 Å². The van der Waals surface area contributed by atoms with E-state index in [2.05, 4.69) is 5.10 Å². The highest BCUT2D eigenvalue weighted by atomic mass is 16.5. The predicted molar refractivity (Wildman–Crippen MR) is 78.2 cm³/mol.